The van der Waals surface area contributed by atoms with Crippen LogP contribution in [0, 0.1) is 12.8 Å². The molecule has 3 rings (SSSR count). The molecule has 118 valence electrons. The van der Waals surface area contributed by atoms with E-state index >= 15 is 0 Å². The van der Waals surface area contributed by atoms with Crippen molar-refractivity contribution < 1.29 is 9.32 Å². The SMILES string of the molecule is Cc1cc(NC(=O)C2CCN(Cc3nnn(C)n3)CC2)no1. The number of rotatable bonds is 4. The first kappa shape index (κ1) is 14.6. The van der Waals surface area contributed by atoms with Crippen molar-refractivity contribution in [1.29, 1.82) is 0 Å². The third-order valence-electron chi connectivity index (χ3n) is 3.75. The number of nitrogens with one attached hydrogen (secondary N) is 1. The van der Waals surface area contributed by atoms with Crippen LogP contribution in [0.25, 0.3) is 0 Å². The summed E-state index contributed by atoms with van der Waals surface area (Å²) in [4.78, 5) is 15.9. The van der Waals surface area contributed by atoms with Gasteiger partial charge in [0.25, 0.3) is 0 Å². The third-order valence-corrected chi connectivity index (χ3v) is 3.75. The predicted molar refractivity (Wildman–Crippen MR) is 76.7 cm³/mol. The van der Waals surface area contributed by atoms with Crippen LogP contribution < -0.4 is 5.32 Å². The first-order valence-corrected chi connectivity index (χ1v) is 7.29. The molecular weight excluding hydrogens is 286 g/mol. The van der Waals surface area contributed by atoms with Gasteiger partial charge in [-0.1, -0.05) is 5.16 Å². The number of carbonyl (C=O) groups excluding carboxylic acids is 1. The summed E-state index contributed by atoms with van der Waals surface area (Å²) in [5, 5.41) is 18.6. The minimum Gasteiger partial charge on any atom is -0.360 e. The van der Waals surface area contributed by atoms with Gasteiger partial charge in [0, 0.05) is 12.0 Å². The van der Waals surface area contributed by atoms with Crippen molar-refractivity contribution in [2.45, 2.75) is 26.3 Å². The molecule has 0 atom stereocenters. The van der Waals surface area contributed by atoms with Crippen LogP contribution in [0.3, 0.4) is 0 Å². The molecule has 1 fully saturated rings. The van der Waals surface area contributed by atoms with Crippen molar-refractivity contribution in [2.24, 2.45) is 13.0 Å². The number of likely N-dealkylation sites (tertiary alicyclic amines) is 1. The van der Waals surface area contributed by atoms with Crippen LogP contribution in [0.5, 0.6) is 0 Å². The van der Waals surface area contributed by atoms with Crippen molar-refractivity contribution in [3.8, 4) is 0 Å². The molecule has 0 aliphatic carbocycles. The van der Waals surface area contributed by atoms with E-state index in [1.807, 2.05) is 0 Å². The Hall–Kier alpha value is -2.29. The maximum atomic E-state index is 12.2. The summed E-state index contributed by atoms with van der Waals surface area (Å²) in [6.45, 7) is 4.15. The molecule has 1 aliphatic heterocycles. The van der Waals surface area contributed by atoms with Gasteiger partial charge in [-0.15, -0.1) is 10.2 Å². The van der Waals surface area contributed by atoms with Crippen LogP contribution in [0.2, 0.25) is 0 Å². The number of amides is 1. The van der Waals surface area contributed by atoms with E-state index in [2.05, 4.69) is 30.8 Å². The van der Waals surface area contributed by atoms with Gasteiger partial charge < -0.3 is 9.84 Å². The Morgan fingerprint density at radius 2 is 2.23 bits per heavy atom. The minimum atomic E-state index is 0.00285. The molecule has 9 heteroatoms. The van der Waals surface area contributed by atoms with Crippen molar-refractivity contribution in [3.63, 3.8) is 0 Å². The van der Waals surface area contributed by atoms with Crippen LogP contribution in [0.1, 0.15) is 24.4 Å². The standard InChI is InChI=1S/C13H19N7O2/c1-9-7-11(17-22-9)14-13(21)10-3-5-20(6-4-10)8-12-15-18-19(2)16-12/h7,10H,3-6,8H2,1-2H3,(H,14,17,21). The van der Waals surface area contributed by atoms with E-state index in [1.54, 1.807) is 20.0 Å². The second kappa shape index (κ2) is 6.22. The molecule has 0 unspecified atom stereocenters. The minimum absolute atomic E-state index is 0.00285. The van der Waals surface area contributed by atoms with Gasteiger partial charge in [-0.05, 0) is 38.1 Å². The Balaban J connectivity index is 1.47. The van der Waals surface area contributed by atoms with Crippen LogP contribution in [-0.2, 0) is 18.4 Å². The lowest BCUT2D eigenvalue weighted by molar-refractivity contribution is -0.121. The Kier molecular flexibility index (Phi) is 4.14. The van der Waals surface area contributed by atoms with E-state index in [9.17, 15) is 4.79 Å². The zero-order valence-electron chi connectivity index (χ0n) is 12.7. The van der Waals surface area contributed by atoms with Gasteiger partial charge in [0.05, 0.1) is 13.6 Å². The second-order valence-electron chi connectivity index (χ2n) is 5.56. The van der Waals surface area contributed by atoms with Crippen molar-refractivity contribution in [1.82, 2.24) is 30.3 Å². The summed E-state index contributed by atoms with van der Waals surface area (Å²) >= 11 is 0. The first-order valence-electron chi connectivity index (χ1n) is 7.29. The lowest BCUT2D eigenvalue weighted by atomic mass is 9.96. The van der Waals surface area contributed by atoms with E-state index in [4.69, 9.17) is 4.52 Å². The number of carbonyl (C=O) groups is 1. The molecule has 9 nitrogen and oxygen atoms in total. The zero-order chi connectivity index (χ0) is 15.5. The lowest BCUT2D eigenvalue weighted by Crippen LogP contribution is -2.38. The fourth-order valence-electron chi connectivity index (χ4n) is 2.59. The molecule has 1 saturated heterocycles. The number of aryl methyl sites for hydroxylation is 2. The molecule has 1 amide bonds. The molecule has 0 spiro atoms. The van der Waals surface area contributed by atoms with Gasteiger partial charge in [0.1, 0.15) is 5.76 Å². The fraction of sp³-hybridized carbons (Fsp3) is 0.615. The molecule has 2 aromatic rings. The van der Waals surface area contributed by atoms with E-state index < -0.39 is 0 Å². The van der Waals surface area contributed by atoms with Gasteiger partial charge >= 0.3 is 0 Å². The summed E-state index contributed by atoms with van der Waals surface area (Å²) in [5.41, 5.74) is 0. The third kappa shape index (κ3) is 3.48. The topological polar surface area (TPSA) is 102 Å². The first-order chi connectivity index (χ1) is 10.6. The molecule has 0 bridgehead atoms. The Labute approximate surface area is 127 Å². The molecule has 0 aromatic carbocycles. The Morgan fingerprint density at radius 3 is 2.82 bits per heavy atom. The largest absolute Gasteiger partial charge is 0.360 e. The number of aromatic nitrogens is 5. The van der Waals surface area contributed by atoms with Crippen molar-refractivity contribution in [2.75, 3.05) is 18.4 Å². The summed E-state index contributed by atoms with van der Waals surface area (Å²) in [6.07, 6.45) is 1.62. The van der Waals surface area contributed by atoms with Gasteiger partial charge in [-0.25, -0.2) is 0 Å². The zero-order valence-corrected chi connectivity index (χ0v) is 12.7. The molecule has 2 aromatic heterocycles. The van der Waals surface area contributed by atoms with Crippen molar-refractivity contribution >= 4 is 11.7 Å². The normalized spacial score (nSPS) is 16.8. The van der Waals surface area contributed by atoms with Gasteiger partial charge in [-0.3, -0.25) is 9.69 Å². The highest BCUT2D eigenvalue weighted by atomic mass is 16.5. The number of anilines is 1. The monoisotopic (exact) mass is 305 g/mol. The number of hydrogen-bond acceptors (Lipinski definition) is 7. The Bertz CT molecular complexity index is 642. The number of hydrogen-bond donors (Lipinski definition) is 1. The van der Waals surface area contributed by atoms with Crippen LogP contribution in [0.4, 0.5) is 5.82 Å². The molecule has 0 saturated carbocycles. The number of piperidine rings is 1. The maximum Gasteiger partial charge on any atom is 0.228 e. The van der Waals surface area contributed by atoms with Gasteiger partial charge in [0.15, 0.2) is 11.6 Å². The quantitative estimate of drug-likeness (QED) is 0.870. The lowest BCUT2D eigenvalue weighted by Gasteiger charge is -2.30. The van der Waals surface area contributed by atoms with Gasteiger partial charge in [0.2, 0.25) is 5.91 Å². The highest BCUT2D eigenvalue weighted by Crippen LogP contribution is 2.20. The van der Waals surface area contributed by atoms with Gasteiger partial charge in [-0.2, -0.15) is 4.80 Å². The summed E-state index contributed by atoms with van der Waals surface area (Å²) in [7, 11) is 1.75. The van der Waals surface area contributed by atoms with Crippen molar-refractivity contribution in [3.05, 3.63) is 17.7 Å². The van der Waals surface area contributed by atoms with Crippen LogP contribution in [0.15, 0.2) is 10.6 Å². The maximum absolute atomic E-state index is 12.2. The second-order valence-corrected chi connectivity index (χ2v) is 5.56. The highest BCUT2D eigenvalue weighted by Gasteiger charge is 2.26. The van der Waals surface area contributed by atoms with Crippen LogP contribution in [-0.4, -0.2) is 49.3 Å². The highest BCUT2D eigenvalue weighted by molar-refractivity contribution is 5.91. The molecular formula is C13H19N7O2. The smallest absolute Gasteiger partial charge is 0.228 e. The summed E-state index contributed by atoms with van der Waals surface area (Å²) in [5.74, 6) is 1.88. The summed E-state index contributed by atoms with van der Waals surface area (Å²) in [6, 6.07) is 1.72. The molecule has 3 heterocycles. The van der Waals surface area contributed by atoms with E-state index in [-0.39, 0.29) is 11.8 Å². The summed E-state index contributed by atoms with van der Waals surface area (Å²) < 4.78 is 4.94. The molecule has 1 aliphatic rings. The average Bonchev–Trinajstić information content (AvgIpc) is 3.08. The number of nitrogens with zero attached hydrogens (tertiary/aromatic N) is 6. The fourth-order valence-corrected chi connectivity index (χ4v) is 2.59. The Morgan fingerprint density at radius 1 is 1.45 bits per heavy atom. The van der Waals surface area contributed by atoms with E-state index in [0.717, 1.165) is 25.9 Å². The molecule has 22 heavy (non-hydrogen) atoms. The average molecular weight is 305 g/mol. The number of tetrazole rings is 1. The van der Waals surface area contributed by atoms with Crippen LogP contribution >= 0.6 is 0 Å². The predicted octanol–water partition coefficient (Wildman–Crippen LogP) is 0.357. The van der Waals surface area contributed by atoms with E-state index in [1.165, 1.54) is 4.80 Å². The molecule has 1 N–H and O–H groups in total. The van der Waals surface area contributed by atoms with E-state index in [0.29, 0.717) is 23.9 Å². The molecule has 0 radical (unpaired) electrons.